The van der Waals surface area contributed by atoms with Crippen molar-refractivity contribution in [3.63, 3.8) is 0 Å². The molecule has 1 aromatic rings. The number of hydrogen-bond donors (Lipinski definition) is 3. The van der Waals surface area contributed by atoms with Crippen LogP contribution in [0.3, 0.4) is 0 Å². The average molecular weight is 271 g/mol. The topological polar surface area (TPSA) is 91.3 Å². The van der Waals surface area contributed by atoms with E-state index < -0.39 is 5.97 Å². The molecule has 0 saturated heterocycles. The van der Waals surface area contributed by atoms with Gasteiger partial charge in [-0.05, 0) is 12.8 Å². The molecule has 3 N–H and O–H groups in total. The molecule has 0 spiro atoms. The van der Waals surface area contributed by atoms with Crippen LogP contribution < -0.4 is 10.6 Å². The maximum Gasteiger partial charge on any atom is 0.315 e. The van der Waals surface area contributed by atoms with Crippen LogP contribution in [0, 0.1) is 0 Å². The van der Waals surface area contributed by atoms with Gasteiger partial charge in [-0.25, -0.2) is 9.78 Å². The van der Waals surface area contributed by atoms with Crippen molar-refractivity contribution in [2.75, 3.05) is 6.54 Å². The molecule has 0 atom stereocenters. The second-order valence-electron chi connectivity index (χ2n) is 3.74. The minimum atomic E-state index is -0.774. The number of carbonyl (C=O) groups excluding carboxylic acids is 1. The van der Waals surface area contributed by atoms with Crippen LogP contribution in [0.25, 0.3) is 0 Å². The molecule has 1 aromatic heterocycles. The van der Waals surface area contributed by atoms with Crippen molar-refractivity contribution in [2.45, 2.75) is 32.2 Å². The number of amides is 2. The Morgan fingerprint density at radius 2 is 2.11 bits per heavy atom. The Hall–Kier alpha value is -1.63. The molecule has 7 heteroatoms. The molecule has 0 bridgehead atoms. The molecule has 100 valence electrons. The van der Waals surface area contributed by atoms with Crippen LogP contribution in [0.2, 0.25) is 0 Å². The van der Waals surface area contributed by atoms with Gasteiger partial charge in [0.25, 0.3) is 0 Å². The number of unbranched alkanes of at least 4 members (excludes halogenated alkanes) is 2. The van der Waals surface area contributed by atoms with Gasteiger partial charge in [-0.1, -0.05) is 6.42 Å². The van der Waals surface area contributed by atoms with Gasteiger partial charge < -0.3 is 15.7 Å². The Bertz CT molecular complexity index is 368. The molecule has 0 saturated carbocycles. The zero-order valence-electron chi connectivity index (χ0n) is 10.0. The summed E-state index contributed by atoms with van der Waals surface area (Å²) < 4.78 is 0. The lowest BCUT2D eigenvalue weighted by molar-refractivity contribution is -0.137. The predicted molar refractivity (Wildman–Crippen MR) is 68.5 cm³/mol. The number of carboxylic acid groups (broad SMARTS) is 1. The van der Waals surface area contributed by atoms with Crippen LogP contribution in [0.15, 0.2) is 11.6 Å². The third-order valence-corrected chi connectivity index (χ3v) is 3.02. The van der Waals surface area contributed by atoms with Crippen molar-refractivity contribution in [2.24, 2.45) is 0 Å². The summed E-state index contributed by atoms with van der Waals surface area (Å²) in [6, 6.07) is -0.219. The molecule has 18 heavy (non-hydrogen) atoms. The molecule has 0 fully saturated rings. The SMILES string of the molecule is O=C(O)CCCCCNC(=O)NCc1nccs1. The largest absolute Gasteiger partial charge is 0.481 e. The van der Waals surface area contributed by atoms with Crippen molar-refractivity contribution in [3.8, 4) is 0 Å². The van der Waals surface area contributed by atoms with Gasteiger partial charge in [0, 0.05) is 24.5 Å². The summed E-state index contributed by atoms with van der Waals surface area (Å²) in [5.41, 5.74) is 0. The quantitative estimate of drug-likeness (QED) is 0.626. The van der Waals surface area contributed by atoms with Gasteiger partial charge in [-0.3, -0.25) is 4.79 Å². The van der Waals surface area contributed by atoms with Crippen LogP contribution in [0.4, 0.5) is 4.79 Å². The first-order valence-corrected chi connectivity index (χ1v) is 6.68. The number of aromatic nitrogens is 1. The van der Waals surface area contributed by atoms with Crippen LogP contribution in [0.1, 0.15) is 30.7 Å². The Morgan fingerprint density at radius 3 is 2.78 bits per heavy atom. The fourth-order valence-corrected chi connectivity index (χ4v) is 1.89. The highest BCUT2D eigenvalue weighted by molar-refractivity contribution is 7.09. The molecule has 6 nitrogen and oxygen atoms in total. The lowest BCUT2D eigenvalue weighted by Crippen LogP contribution is -2.35. The van der Waals surface area contributed by atoms with Crippen molar-refractivity contribution in [3.05, 3.63) is 16.6 Å². The molecule has 0 radical (unpaired) electrons. The molecule has 0 aromatic carbocycles. The molecule has 0 unspecified atom stereocenters. The number of rotatable bonds is 8. The molecule has 1 heterocycles. The van der Waals surface area contributed by atoms with Crippen LogP contribution in [-0.2, 0) is 11.3 Å². The molecule has 0 aliphatic rings. The maximum atomic E-state index is 11.3. The van der Waals surface area contributed by atoms with Crippen LogP contribution >= 0.6 is 11.3 Å². The normalized spacial score (nSPS) is 10.0. The highest BCUT2D eigenvalue weighted by Crippen LogP contribution is 2.02. The fraction of sp³-hybridized carbons (Fsp3) is 0.545. The van der Waals surface area contributed by atoms with E-state index in [1.54, 1.807) is 6.20 Å². The molecule has 1 rings (SSSR count). The van der Waals surface area contributed by atoms with Crippen molar-refractivity contribution >= 4 is 23.3 Å². The van der Waals surface area contributed by atoms with Gasteiger partial charge in [0.1, 0.15) is 5.01 Å². The maximum absolute atomic E-state index is 11.3. The number of thiazole rings is 1. The minimum Gasteiger partial charge on any atom is -0.481 e. The molecule has 0 aliphatic carbocycles. The summed E-state index contributed by atoms with van der Waals surface area (Å²) in [7, 11) is 0. The number of nitrogens with zero attached hydrogens (tertiary/aromatic N) is 1. The van der Waals surface area contributed by atoms with E-state index in [1.807, 2.05) is 5.38 Å². The van der Waals surface area contributed by atoms with Gasteiger partial charge >= 0.3 is 12.0 Å². The minimum absolute atomic E-state index is 0.191. The third-order valence-electron chi connectivity index (χ3n) is 2.24. The highest BCUT2D eigenvalue weighted by Gasteiger charge is 2.01. The van der Waals surface area contributed by atoms with Gasteiger partial charge in [-0.15, -0.1) is 11.3 Å². The van der Waals surface area contributed by atoms with E-state index in [9.17, 15) is 9.59 Å². The lowest BCUT2D eigenvalue weighted by Gasteiger charge is -2.05. The van der Waals surface area contributed by atoms with Gasteiger partial charge in [0.2, 0.25) is 0 Å². The first-order valence-electron chi connectivity index (χ1n) is 5.80. The van der Waals surface area contributed by atoms with E-state index in [4.69, 9.17) is 5.11 Å². The van der Waals surface area contributed by atoms with Crippen molar-refractivity contribution < 1.29 is 14.7 Å². The fourth-order valence-electron chi connectivity index (χ4n) is 1.34. The van der Waals surface area contributed by atoms with Gasteiger partial charge in [0.05, 0.1) is 6.54 Å². The Kier molecular flexibility index (Phi) is 6.78. The highest BCUT2D eigenvalue weighted by atomic mass is 32.1. The molecule has 2 amide bonds. The standard InChI is InChI=1S/C11H17N3O3S/c15-10(16)4-2-1-3-5-13-11(17)14-8-9-12-6-7-18-9/h6-7H,1-5,8H2,(H,15,16)(H2,13,14,17). The zero-order chi connectivity index (χ0) is 13.2. The van der Waals surface area contributed by atoms with E-state index >= 15 is 0 Å². The van der Waals surface area contributed by atoms with Crippen molar-refractivity contribution in [1.29, 1.82) is 0 Å². The number of hydrogen-bond acceptors (Lipinski definition) is 4. The monoisotopic (exact) mass is 271 g/mol. The first-order chi connectivity index (χ1) is 8.68. The lowest BCUT2D eigenvalue weighted by atomic mass is 10.2. The first kappa shape index (κ1) is 14.4. The Labute approximate surface area is 109 Å². The van der Waals surface area contributed by atoms with E-state index in [0.29, 0.717) is 19.5 Å². The second kappa shape index (κ2) is 8.46. The number of nitrogens with one attached hydrogen (secondary N) is 2. The smallest absolute Gasteiger partial charge is 0.315 e. The van der Waals surface area contributed by atoms with E-state index in [1.165, 1.54) is 11.3 Å². The number of aliphatic carboxylic acids is 1. The molecule has 0 aliphatic heterocycles. The summed E-state index contributed by atoms with van der Waals surface area (Å²) in [6.07, 6.45) is 4.13. The number of carboxylic acids is 1. The molecular weight excluding hydrogens is 254 g/mol. The summed E-state index contributed by atoms with van der Waals surface area (Å²) >= 11 is 1.49. The van der Waals surface area contributed by atoms with E-state index in [2.05, 4.69) is 15.6 Å². The van der Waals surface area contributed by atoms with Crippen LogP contribution in [0.5, 0.6) is 0 Å². The zero-order valence-corrected chi connectivity index (χ0v) is 10.8. The Balaban J connectivity index is 1.95. The number of carbonyl (C=O) groups is 2. The van der Waals surface area contributed by atoms with Gasteiger partial charge in [-0.2, -0.15) is 0 Å². The van der Waals surface area contributed by atoms with Crippen molar-refractivity contribution in [1.82, 2.24) is 15.6 Å². The molecular formula is C11H17N3O3S. The predicted octanol–water partition coefficient (Wildman–Crippen LogP) is 1.59. The average Bonchev–Trinajstić information content (AvgIpc) is 2.83. The van der Waals surface area contributed by atoms with Gasteiger partial charge in [0.15, 0.2) is 0 Å². The number of urea groups is 1. The summed E-state index contributed by atoms with van der Waals surface area (Å²) in [5, 5.41) is 16.6. The Morgan fingerprint density at radius 1 is 1.28 bits per heavy atom. The summed E-state index contributed by atoms with van der Waals surface area (Å²) in [6.45, 7) is 0.992. The summed E-state index contributed by atoms with van der Waals surface area (Å²) in [5.74, 6) is -0.774. The summed E-state index contributed by atoms with van der Waals surface area (Å²) in [4.78, 5) is 25.6. The third kappa shape index (κ3) is 6.85. The second-order valence-corrected chi connectivity index (χ2v) is 4.72. The van der Waals surface area contributed by atoms with E-state index in [-0.39, 0.29) is 12.5 Å². The van der Waals surface area contributed by atoms with Crippen LogP contribution in [-0.4, -0.2) is 28.6 Å². The van der Waals surface area contributed by atoms with E-state index in [0.717, 1.165) is 17.8 Å².